The first-order valence-electron chi connectivity index (χ1n) is 10.9. The summed E-state index contributed by atoms with van der Waals surface area (Å²) in [4.78, 5) is 7.90. The van der Waals surface area contributed by atoms with Crippen molar-refractivity contribution in [1.29, 1.82) is 5.26 Å². The SMILES string of the molecule is CC.N#CCc1ccc(-c2[nH]ncc2CN2CCN(c3ccc(C(F)(F)F)nc3)CC2)cc1. The second-order valence-electron chi connectivity index (χ2n) is 7.46. The van der Waals surface area contributed by atoms with Crippen molar-refractivity contribution in [2.75, 3.05) is 31.1 Å². The molecule has 33 heavy (non-hydrogen) atoms. The van der Waals surface area contributed by atoms with E-state index in [4.69, 9.17) is 5.26 Å². The lowest BCUT2D eigenvalue weighted by molar-refractivity contribution is -0.141. The highest BCUT2D eigenvalue weighted by molar-refractivity contribution is 5.63. The number of hydrogen-bond donors (Lipinski definition) is 1. The number of pyridine rings is 1. The van der Waals surface area contributed by atoms with E-state index in [1.165, 1.54) is 12.3 Å². The van der Waals surface area contributed by atoms with Gasteiger partial charge >= 0.3 is 6.18 Å². The number of alkyl halides is 3. The topological polar surface area (TPSA) is 71.8 Å². The summed E-state index contributed by atoms with van der Waals surface area (Å²) >= 11 is 0. The van der Waals surface area contributed by atoms with Crippen molar-refractivity contribution in [3.63, 3.8) is 0 Å². The molecule has 3 aromatic rings. The van der Waals surface area contributed by atoms with Crippen LogP contribution in [-0.2, 0) is 19.1 Å². The van der Waals surface area contributed by atoms with Crippen molar-refractivity contribution >= 4 is 5.69 Å². The molecule has 0 saturated carbocycles. The highest BCUT2D eigenvalue weighted by atomic mass is 19.4. The Hall–Kier alpha value is -3.38. The Morgan fingerprint density at radius 2 is 1.70 bits per heavy atom. The number of nitriles is 1. The lowest BCUT2D eigenvalue weighted by Crippen LogP contribution is -2.46. The Bertz CT molecular complexity index is 1040. The third-order valence-electron chi connectivity index (χ3n) is 5.41. The van der Waals surface area contributed by atoms with Gasteiger partial charge in [-0.2, -0.15) is 23.5 Å². The highest BCUT2D eigenvalue weighted by Crippen LogP contribution is 2.29. The maximum atomic E-state index is 12.7. The maximum Gasteiger partial charge on any atom is 0.433 e. The van der Waals surface area contributed by atoms with Crippen LogP contribution in [0.1, 0.15) is 30.7 Å². The minimum atomic E-state index is -4.42. The number of benzene rings is 1. The van der Waals surface area contributed by atoms with Crippen LogP contribution in [0.2, 0.25) is 0 Å². The molecule has 174 valence electrons. The number of halogens is 3. The van der Waals surface area contributed by atoms with Crippen LogP contribution in [0.5, 0.6) is 0 Å². The van der Waals surface area contributed by atoms with Gasteiger partial charge in [0.2, 0.25) is 0 Å². The van der Waals surface area contributed by atoms with Gasteiger partial charge in [-0.3, -0.25) is 10.00 Å². The first kappa shape index (κ1) is 24.3. The molecule has 0 amide bonds. The average Bonchev–Trinajstić information content (AvgIpc) is 3.29. The van der Waals surface area contributed by atoms with E-state index in [1.807, 2.05) is 49.2 Å². The monoisotopic (exact) mass is 456 g/mol. The normalized spacial score (nSPS) is 14.4. The van der Waals surface area contributed by atoms with Gasteiger partial charge in [0.25, 0.3) is 0 Å². The number of nitrogens with one attached hydrogen (secondary N) is 1. The van der Waals surface area contributed by atoms with Crippen LogP contribution in [0.25, 0.3) is 11.3 Å². The minimum absolute atomic E-state index is 0.384. The van der Waals surface area contributed by atoms with Crippen molar-refractivity contribution in [3.8, 4) is 17.3 Å². The molecule has 3 heterocycles. The molecule has 6 nitrogen and oxygen atoms in total. The zero-order chi connectivity index (χ0) is 23.8. The van der Waals surface area contributed by atoms with Crippen LogP contribution in [0.3, 0.4) is 0 Å². The van der Waals surface area contributed by atoms with E-state index in [-0.39, 0.29) is 0 Å². The number of rotatable bonds is 5. The molecule has 0 unspecified atom stereocenters. The Morgan fingerprint density at radius 3 is 2.27 bits per heavy atom. The van der Waals surface area contributed by atoms with Gasteiger partial charge in [-0.15, -0.1) is 0 Å². The molecule has 0 atom stereocenters. The van der Waals surface area contributed by atoms with E-state index >= 15 is 0 Å². The number of H-pyrrole nitrogens is 1. The molecule has 2 aromatic heterocycles. The molecule has 0 spiro atoms. The quantitative estimate of drug-likeness (QED) is 0.591. The Morgan fingerprint density at radius 1 is 1.00 bits per heavy atom. The van der Waals surface area contributed by atoms with E-state index in [1.54, 1.807) is 0 Å². The molecule has 9 heteroatoms. The third-order valence-corrected chi connectivity index (χ3v) is 5.41. The van der Waals surface area contributed by atoms with Gasteiger partial charge in [0, 0.05) is 38.3 Å². The van der Waals surface area contributed by atoms with Gasteiger partial charge in [-0.05, 0) is 23.3 Å². The van der Waals surface area contributed by atoms with Gasteiger partial charge in [-0.25, -0.2) is 4.98 Å². The fourth-order valence-corrected chi connectivity index (χ4v) is 3.71. The predicted molar refractivity (Wildman–Crippen MR) is 121 cm³/mol. The van der Waals surface area contributed by atoms with Gasteiger partial charge in [0.1, 0.15) is 5.69 Å². The number of piperazine rings is 1. The van der Waals surface area contributed by atoms with Gasteiger partial charge in [-0.1, -0.05) is 38.1 Å². The number of nitrogens with zero attached hydrogens (tertiary/aromatic N) is 5. The van der Waals surface area contributed by atoms with Crippen molar-refractivity contribution in [3.05, 3.63) is 65.6 Å². The van der Waals surface area contributed by atoms with Crippen molar-refractivity contribution in [2.24, 2.45) is 0 Å². The van der Waals surface area contributed by atoms with E-state index in [0.29, 0.717) is 25.2 Å². The molecule has 1 saturated heterocycles. The summed E-state index contributed by atoms with van der Waals surface area (Å²) in [7, 11) is 0. The molecule has 0 aliphatic carbocycles. The Balaban J connectivity index is 0.00000149. The van der Waals surface area contributed by atoms with E-state index < -0.39 is 11.9 Å². The van der Waals surface area contributed by atoms with Gasteiger partial charge in [0.05, 0.1) is 36.3 Å². The molecule has 1 fully saturated rings. The smallest absolute Gasteiger partial charge is 0.368 e. The second-order valence-corrected chi connectivity index (χ2v) is 7.46. The summed E-state index contributed by atoms with van der Waals surface area (Å²) < 4.78 is 38.1. The molecule has 1 aromatic carbocycles. The lowest BCUT2D eigenvalue weighted by Gasteiger charge is -2.36. The summed E-state index contributed by atoms with van der Waals surface area (Å²) in [5, 5.41) is 16.1. The van der Waals surface area contributed by atoms with Crippen LogP contribution in [-0.4, -0.2) is 46.3 Å². The lowest BCUT2D eigenvalue weighted by atomic mass is 10.0. The molecule has 1 aliphatic heterocycles. The molecular weight excluding hydrogens is 429 g/mol. The molecule has 0 bridgehead atoms. The number of anilines is 1. The minimum Gasteiger partial charge on any atom is -0.368 e. The Labute approximate surface area is 191 Å². The maximum absolute atomic E-state index is 12.7. The second kappa shape index (κ2) is 11.0. The zero-order valence-corrected chi connectivity index (χ0v) is 18.7. The number of hydrogen-bond acceptors (Lipinski definition) is 5. The standard InChI is InChI=1S/C22H21F3N6.C2H6/c23-22(24,25)20-6-5-19(14-27-20)31-11-9-30(10-12-31)15-18-13-28-29-21(18)17-3-1-16(2-4-17)7-8-26;1-2/h1-6,13-14H,7,9-12,15H2,(H,28,29);1-2H3. The summed E-state index contributed by atoms with van der Waals surface area (Å²) in [6, 6.07) is 12.5. The van der Waals surface area contributed by atoms with Crippen LogP contribution < -0.4 is 4.90 Å². The van der Waals surface area contributed by atoms with Crippen LogP contribution in [0, 0.1) is 11.3 Å². The highest BCUT2D eigenvalue weighted by Gasteiger charge is 2.32. The van der Waals surface area contributed by atoms with Crippen molar-refractivity contribution in [2.45, 2.75) is 33.0 Å². The summed E-state index contributed by atoms with van der Waals surface area (Å²) in [5.41, 5.74) is 3.86. The first-order chi connectivity index (χ1) is 15.9. The van der Waals surface area contributed by atoms with E-state index in [9.17, 15) is 13.2 Å². The van der Waals surface area contributed by atoms with E-state index in [2.05, 4.69) is 26.2 Å². The molecule has 1 aliphatic rings. The van der Waals surface area contributed by atoms with Crippen molar-refractivity contribution < 1.29 is 13.2 Å². The fourth-order valence-electron chi connectivity index (χ4n) is 3.71. The zero-order valence-electron chi connectivity index (χ0n) is 18.7. The fraction of sp³-hybridized carbons (Fsp3) is 0.375. The van der Waals surface area contributed by atoms with E-state index in [0.717, 1.165) is 48.1 Å². The largest absolute Gasteiger partial charge is 0.433 e. The number of aromatic nitrogens is 3. The number of aromatic amines is 1. The third kappa shape index (κ3) is 6.11. The molecule has 4 rings (SSSR count). The van der Waals surface area contributed by atoms with Gasteiger partial charge in [0.15, 0.2) is 0 Å². The summed E-state index contributed by atoms with van der Waals surface area (Å²) in [6.07, 6.45) is -0.919. The first-order valence-corrected chi connectivity index (χ1v) is 10.9. The molecular formula is C24H27F3N6. The van der Waals surface area contributed by atoms with Crippen LogP contribution in [0.15, 0.2) is 48.8 Å². The summed E-state index contributed by atoms with van der Waals surface area (Å²) in [5.74, 6) is 0. The summed E-state index contributed by atoms with van der Waals surface area (Å²) in [6.45, 7) is 7.72. The van der Waals surface area contributed by atoms with Crippen LogP contribution >= 0.6 is 0 Å². The molecule has 0 radical (unpaired) electrons. The average molecular weight is 457 g/mol. The Kier molecular flexibility index (Phi) is 8.06. The molecule has 1 N–H and O–H groups in total. The van der Waals surface area contributed by atoms with Crippen LogP contribution in [0.4, 0.5) is 18.9 Å². The van der Waals surface area contributed by atoms with Crippen molar-refractivity contribution in [1.82, 2.24) is 20.1 Å². The van der Waals surface area contributed by atoms with Gasteiger partial charge < -0.3 is 4.90 Å². The predicted octanol–water partition coefficient (Wildman–Crippen LogP) is 4.90.